The molecule has 3 rings (SSSR count). The van der Waals surface area contributed by atoms with Crippen LogP contribution < -0.4 is 9.64 Å². The number of hydrogen-bond donors (Lipinski definition) is 0. The summed E-state index contributed by atoms with van der Waals surface area (Å²) < 4.78 is 30.3. The average molecular weight is 504 g/mol. The van der Waals surface area contributed by atoms with E-state index in [0.29, 0.717) is 17.0 Å². The van der Waals surface area contributed by atoms with Gasteiger partial charge in [-0.05, 0) is 56.3 Å². The summed E-state index contributed by atoms with van der Waals surface area (Å²) in [7, 11) is 1.52. The van der Waals surface area contributed by atoms with Crippen molar-refractivity contribution >= 4 is 33.6 Å². The minimum Gasteiger partial charge on any atom is -0.496 e. The number of rotatable bonds is 7. The molecule has 1 aliphatic heterocycles. The van der Waals surface area contributed by atoms with Gasteiger partial charge in [-0.15, -0.1) is 0 Å². The summed E-state index contributed by atoms with van der Waals surface area (Å²) in [6.07, 6.45) is 3.16. The average Bonchev–Trinajstić information content (AvgIpc) is 2.79. The van der Waals surface area contributed by atoms with E-state index in [1.54, 1.807) is 61.5 Å². The first-order chi connectivity index (χ1) is 15.4. The number of anilines is 1. The van der Waals surface area contributed by atoms with Crippen LogP contribution in [0.15, 0.2) is 70.5 Å². The van der Waals surface area contributed by atoms with Gasteiger partial charge in [-0.25, -0.2) is 14.0 Å². The number of nitrogens with zero attached hydrogens (tertiary/aromatic N) is 1. The largest absolute Gasteiger partial charge is 0.496 e. The third-order valence-corrected chi connectivity index (χ3v) is 5.32. The first-order valence-electron chi connectivity index (χ1n) is 10.0. The lowest BCUT2D eigenvalue weighted by molar-refractivity contribution is -0.139. The van der Waals surface area contributed by atoms with Crippen molar-refractivity contribution in [3.63, 3.8) is 0 Å². The maximum atomic E-state index is 13.5. The van der Waals surface area contributed by atoms with Gasteiger partial charge in [0.2, 0.25) is 0 Å². The number of esters is 2. The van der Waals surface area contributed by atoms with Gasteiger partial charge in [0.25, 0.3) is 0 Å². The number of methoxy groups -OCH3 is 1. The van der Waals surface area contributed by atoms with Gasteiger partial charge in [0, 0.05) is 28.1 Å². The Hall–Kier alpha value is -3.13. The Morgan fingerprint density at radius 2 is 1.53 bits per heavy atom. The third-order valence-electron chi connectivity index (χ3n) is 4.83. The Bertz CT molecular complexity index is 1030. The van der Waals surface area contributed by atoms with Crippen molar-refractivity contribution in [1.29, 1.82) is 0 Å². The van der Waals surface area contributed by atoms with Crippen LogP contribution in [-0.2, 0) is 19.1 Å². The second kappa shape index (κ2) is 10.5. The molecule has 0 aromatic heterocycles. The molecule has 0 atom stereocenters. The SMILES string of the molecule is CCOC(=O)C1=CN(c2ccc(F)cc2)C=C(C(=O)OCC)C1c1cc(Br)ccc1OC. The third kappa shape index (κ3) is 5.02. The number of carbonyl (C=O) groups is 2. The predicted molar refractivity (Wildman–Crippen MR) is 122 cm³/mol. The second-order valence-corrected chi connectivity index (χ2v) is 7.73. The van der Waals surface area contributed by atoms with Gasteiger partial charge in [0.15, 0.2) is 0 Å². The molecule has 0 N–H and O–H groups in total. The Morgan fingerprint density at radius 3 is 2.03 bits per heavy atom. The van der Waals surface area contributed by atoms with Crippen LogP contribution in [0.5, 0.6) is 5.75 Å². The lowest BCUT2D eigenvalue weighted by Crippen LogP contribution is -2.29. The van der Waals surface area contributed by atoms with Crippen LogP contribution in [0.3, 0.4) is 0 Å². The van der Waals surface area contributed by atoms with Crippen LogP contribution in [0.4, 0.5) is 10.1 Å². The Balaban J connectivity index is 2.23. The fourth-order valence-electron chi connectivity index (χ4n) is 3.45. The van der Waals surface area contributed by atoms with E-state index in [0.717, 1.165) is 4.47 Å². The maximum Gasteiger partial charge on any atom is 0.336 e. The molecule has 0 unspecified atom stereocenters. The molecular weight excluding hydrogens is 481 g/mol. The molecule has 0 spiro atoms. The molecule has 2 aromatic rings. The Kier molecular flexibility index (Phi) is 7.69. The summed E-state index contributed by atoms with van der Waals surface area (Å²) in [4.78, 5) is 27.6. The number of halogens is 2. The van der Waals surface area contributed by atoms with E-state index in [1.165, 1.54) is 19.2 Å². The molecule has 0 fully saturated rings. The summed E-state index contributed by atoms with van der Waals surface area (Å²) in [5, 5.41) is 0. The summed E-state index contributed by atoms with van der Waals surface area (Å²) >= 11 is 3.45. The van der Waals surface area contributed by atoms with Crippen molar-refractivity contribution in [2.45, 2.75) is 19.8 Å². The molecule has 1 heterocycles. The Labute approximate surface area is 194 Å². The molecule has 2 aromatic carbocycles. The van der Waals surface area contributed by atoms with E-state index >= 15 is 0 Å². The summed E-state index contributed by atoms with van der Waals surface area (Å²) in [5.41, 5.74) is 1.60. The summed E-state index contributed by atoms with van der Waals surface area (Å²) in [6.45, 7) is 3.73. The van der Waals surface area contributed by atoms with Crippen molar-refractivity contribution in [1.82, 2.24) is 0 Å². The molecular formula is C24H23BrFNO5. The highest BCUT2D eigenvalue weighted by Crippen LogP contribution is 2.43. The quantitative estimate of drug-likeness (QED) is 0.490. The topological polar surface area (TPSA) is 65.1 Å². The van der Waals surface area contributed by atoms with E-state index < -0.39 is 23.7 Å². The van der Waals surface area contributed by atoms with Crippen molar-refractivity contribution in [2.75, 3.05) is 25.2 Å². The zero-order valence-electron chi connectivity index (χ0n) is 17.9. The van der Waals surface area contributed by atoms with E-state index in [1.807, 2.05) is 0 Å². The van der Waals surface area contributed by atoms with Gasteiger partial charge in [-0.2, -0.15) is 0 Å². The summed E-state index contributed by atoms with van der Waals surface area (Å²) in [5.74, 6) is -1.86. The van der Waals surface area contributed by atoms with Gasteiger partial charge in [0.1, 0.15) is 11.6 Å². The molecule has 0 saturated carbocycles. The zero-order chi connectivity index (χ0) is 23.3. The standard InChI is InChI=1S/C24H23BrFNO5/c1-4-31-23(28)19-13-27(17-9-7-16(26)8-10-17)14-20(24(29)32-5-2)22(19)18-12-15(25)6-11-21(18)30-3/h6-14,22H,4-5H2,1-3H3. The lowest BCUT2D eigenvalue weighted by atomic mass is 9.82. The monoisotopic (exact) mass is 503 g/mol. The lowest BCUT2D eigenvalue weighted by Gasteiger charge is -2.31. The molecule has 0 saturated heterocycles. The van der Waals surface area contributed by atoms with Crippen LogP contribution in [0.25, 0.3) is 0 Å². The molecule has 8 heteroatoms. The van der Waals surface area contributed by atoms with E-state index in [2.05, 4.69) is 15.9 Å². The molecule has 0 amide bonds. The molecule has 0 aliphatic carbocycles. The first kappa shape index (κ1) is 23.5. The van der Waals surface area contributed by atoms with Crippen LogP contribution in [-0.4, -0.2) is 32.3 Å². The van der Waals surface area contributed by atoms with E-state index in [-0.39, 0.29) is 24.4 Å². The first-order valence-corrected chi connectivity index (χ1v) is 10.8. The smallest absolute Gasteiger partial charge is 0.336 e. The van der Waals surface area contributed by atoms with Crippen LogP contribution in [0.2, 0.25) is 0 Å². The molecule has 0 radical (unpaired) electrons. The minimum atomic E-state index is -0.794. The number of hydrogen-bond acceptors (Lipinski definition) is 6. The van der Waals surface area contributed by atoms with Gasteiger partial charge in [-0.3, -0.25) is 0 Å². The van der Waals surface area contributed by atoms with Gasteiger partial charge < -0.3 is 19.1 Å². The molecule has 32 heavy (non-hydrogen) atoms. The van der Waals surface area contributed by atoms with Crippen LogP contribution in [0, 0.1) is 5.82 Å². The van der Waals surface area contributed by atoms with Crippen molar-refractivity contribution < 1.29 is 28.2 Å². The number of ether oxygens (including phenoxy) is 3. The van der Waals surface area contributed by atoms with E-state index in [4.69, 9.17) is 14.2 Å². The van der Waals surface area contributed by atoms with Gasteiger partial charge in [0.05, 0.1) is 37.4 Å². The number of benzene rings is 2. The van der Waals surface area contributed by atoms with Gasteiger partial charge in [-0.1, -0.05) is 15.9 Å². The highest BCUT2D eigenvalue weighted by Gasteiger charge is 2.37. The highest BCUT2D eigenvalue weighted by molar-refractivity contribution is 9.10. The maximum absolute atomic E-state index is 13.5. The van der Waals surface area contributed by atoms with Gasteiger partial charge >= 0.3 is 11.9 Å². The van der Waals surface area contributed by atoms with Crippen molar-refractivity contribution in [3.05, 3.63) is 81.9 Å². The van der Waals surface area contributed by atoms with Crippen LogP contribution >= 0.6 is 15.9 Å². The predicted octanol–water partition coefficient (Wildman–Crippen LogP) is 5.09. The molecule has 168 valence electrons. The normalized spacial score (nSPS) is 13.8. The van der Waals surface area contributed by atoms with Crippen molar-refractivity contribution in [3.8, 4) is 5.75 Å². The second-order valence-electron chi connectivity index (χ2n) is 6.81. The molecule has 0 bridgehead atoms. The zero-order valence-corrected chi connectivity index (χ0v) is 19.5. The van der Waals surface area contributed by atoms with Crippen molar-refractivity contribution in [2.24, 2.45) is 0 Å². The van der Waals surface area contributed by atoms with Crippen LogP contribution in [0.1, 0.15) is 25.3 Å². The number of carbonyl (C=O) groups excluding carboxylic acids is 2. The highest BCUT2D eigenvalue weighted by atomic mass is 79.9. The molecule has 1 aliphatic rings. The fourth-order valence-corrected chi connectivity index (χ4v) is 3.83. The molecule has 6 nitrogen and oxygen atoms in total. The minimum absolute atomic E-state index is 0.160. The summed E-state index contributed by atoms with van der Waals surface area (Å²) in [6, 6.07) is 11.0. The Morgan fingerprint density at radius 1 is 0.969 bits per heavy atom. The fraction of sp³-hybridized carbons (Fsp3) is 0.250. The van der Waals surface area contributed by atoms with E-state index in [9.17, 15) is 14.0 Å².